The molecule has 1 aromatic rings. The molecule has 0 spiro atoms. The summed E-state index contributed by atoms with van der Waals surface area (Å²) >= 11 is 0. The minimum atomic E-state index is -3.69. The van der Waals surface area contributed by atoms with Crippen molar-refractivity contribution < 1.29 is 22.7 Å². The third-order valence-corrected chi connectivity index (χ3v) is 7.01. The van der Waals surface area contributed by atoms with E-state index in [1.54, 1.807) is 49.4 Å². The van der Waals surface area contributed by atoms with Crippen molar-refractivity contribution >= 4 is 21.8 Å². The SMILES string of the molecule is COCCN(C)C(=O)C1CCCN(S(=O)(=O)c2ccccc2)CCC(=O)NCC1. The summed E-state index contributed by atoms with van der Waals surface area (Å²) in [6.45, 7) is 1.74. The molecule has 1 aromatic carbocycles. The number of sulfonamides is 1. The second-order valence-corrected chi connectivity index (χ2v) is 9.14. The molecular formula is C20H31N3O5S. The van der Waals surface area contributed by atoms with Gasteiger partial charge >= 0.3 is 0 Å². The number of carbonyl (C=O) groups excluding carboxylic acids is 2. The molecule has 0 saturated carbocycles. The number of hydrogen-bond acceptors (Lipinski definition) is 5. The van der Waals surface area contributed by atoms with Crippen LogP contribution in [0, 0.1) is 5.92 Å². The summed E-state index contributed by atoms with van der Waals surface area (Å²) in [5.41, 5.74) is 0. The van der Waals surface area contributed by atoms with E-state index in [2.05, 4.69) is 5.32 Å². The van der Waals surface area contributed by atoms with Gasteiger partial charge in [-0.25, -0.2) is 8.42 Å². The van der Waals surface area contributed by atoms with Gasteiger partial charge in [0.05, 0.1) is 11.5 Å². The monoisotopic (exact) mass is 425 g/mol. The molecule has 1 aliphatic rings. The number of methoxy groups -OCH3 is 1. The summed E-state index contributed by atoms with van der Waals surface area (Å²) in [5.74, 6) is -0.483. The first-order valence-electron chi connectivity index (χ1n) is 9.92. The maximum atomic E-state index is 13.0. The minimum Gasteiger partial charge on any atom is -0.383 e. The van der Waals surface area contributed by atoms with Gasteiger partial charge in [0.15, 0.2) is 0 Å². The van der Waals surface area contributed by atoms with Gasteiger partial charge in [-0.1, -0.05) is 18.2 Å². The molecule has 1 heterocycles. The molecule has 9 heteroatoms. The van der Waals surface area contributed by atoms with Crippen LogP contribution in [0.2, 0.25) is 0 Å². The van der Waals surface area contributed by atoms with Crippen LogP contribution in [0.25, 0.3) is 0 Å². The summed E-state index contributed by atoms with van der Waals surface area (Å²) in [5, 5.41) is 2.80. The van der Waals surface area contributed by atoms with E-state index >= 15 is 0 Å². The Hall–Kier alpha value is -1.97. The fourth-order valence-electron chi connectivity index (χ4n) is 3.35. The fourth-order valence-corrected chi connectivity index (χ4v) is 4.85. The van der Waals surface area contributed by atoms with Gasteiger partial charge in [-0.05, 0) is 31.4 Å². The molecule has 0 bridgehead atoms. The van der Waals surface area contributed by atoms with Gasteiger partial charge in [0, 0.05) is 52.7 Å². The molecule has 29 heavy (non-hydrogen) atoms. The average Bonchev–Trinajstić information content (AvgIpc) is 2.76. The second-order valence-electron chi connectivity index (χ2n) is 7.20. The third kappa shape index (κ3) is 6.80. The van der Waals surface area contributed by atoms with E-state index in [0.717, 1.165) is 0 Å². The smallest absolute Gasteiger partial charge is 0.243 e. The topological polar surface area (TPSA) is 96.0 Å². The quantitative estimate of drug-likeness (QED) is 0.736. The van der Waals surface area contributed by atoms with Gasteiger partial charge in [-0.15, -0.1) is 0 Å². The van der Waals surface area contributed by atoms with E-state index in [-0.39, 0.29) is 42.1 Å². The van der Waals surface area contributed by atoms with E-state index in [1.807, 2.05) is 0 Å². The lowest BCUT2D eigenvalue weighted by atomic mass is 9.97. The molecule has 1 unspecified atom stereocenters. The van der Waals surface area contributed by atoms with E-state index in [1.165, 1.54) is 4.31 Å². The van der Waals surface area contributed by atoms with Crippen LogP contribution in [0.1, 0.15) is 25.7 Å². The molecule has 1 fully saturated rings. The number of carbonyl (C=O) groups is 2. The Kier molecular flexibility index (Phi) is 9.06. The van der Waals surface area contributed by atoms with Crippen LogP contribution in [0.5, 0.6) is 0 Å². The lowest BCUT2D eigenvalue weighted by Gasteiger charge is -2.25. The lowest BCUT2D eigenvalue weighted by molar-refractivity contribution is -0.135. The second kappa shape index (κ2) is 11.3. The predicted octanol–water partition coefficient (Wildman–Crippen LogP) is 1.09. The Balaban J connectivity index is 2.12. The molecule has 1 atom stereocenters. The predicted molar refractivity (Wildman–Crippen MR) is 110 cm³/mol. The first kappa shape index (κ1) is 23.3. The maximum Gasteiger partial charge on any atom is 0.243 e. The number of rotatable bonds is 6. The highest BCUT2D eigenvalue weighted by Gasteiger charge is 2.27. The summed E-state index contributed by atoms with van der Waals surface area (Å²) < 4.78 is 32.4. The molecule has 0 radical (unpaired) electrons. The molecule has 8 nitrogen and oxygen atoms in total. The van der Waals surface area contributed by atoms with Crippen LogP contribution in [0.15, 0.2) is 35.2 Å². The molecule has 162 valence electrons. The largest absolute Gasteiger partial charge is 0.383 e. The van der Waals surface area contributed by atoms with Gasteiger partial charge in [-0.3, -0.25) is 9.59 Å². The van der Waals surface area contributed by atoms with Gasteiger partial charge in [0.2, 0.25) is 21.8 Å². The molecule has 0 aromatic heterocycles. The number of likely N-dealkylation sites (N-methyl/N-ethyl adjacent to an activating group) is 1. The van der Waals surface area contributed by atoms with Gasteiger partial charge in [0.25, 0.3) is 0 Å². The first-order chi connectivity index (χ1) is 13.9. The molecule has 0 aliphatic carbocycles. The zero-order valence-corrected chi connectivity index (χ0v) is 18.0. The van der Waals surface area contributed by atoms with E-state index in [4.69, 9.17) is 4.74 Å². The highest BCUT2D eigenvalue weighted by molar-refractivity contribution is 7.89. The summed E-state index contributed by atoms with van der Waals surface area (Å²) in [6, 6.07) is 8.22. The highest BCUT2D eigenvalue weighted by atomic mass is 32.2. The van der Waals surface area contributed by atoms with Crippen molar-refractivity contribution in [3.8, 4) is 0 Å². The van der Waals surface area contributed by atoms with Crippen LogP contribution in [0.3, 0.4) is 0 Å². The van der Waals surface area contributed by atoms with Crippen molar-refractivity contribution in [2.24, 2.45) is 5.92 Å². The van der Waals surface area contributed by atoms with Gasteiger partial charge in [0.1, 0.15) is 0 Å². The van der Waals surface area contributed by atoms with Crippen molar-refractivity contribution in [2.45, 2.75) is 30.6 Å². The zero-order valence-electron chi connectivity index (χ0n) is 17.2. The Morgan fingerprint density at radius 3 is 2.66 bits per heavy atom. The average molecular weight is 426 g/mol. The minimum absolute atomic E-state index is 0.00647. The molecule has 1 N–H and O–H groups in total. The van der Waals surface area contributed by atoms with Crippen molar-refractivity contribution in [1.29, 1.82) is 0 Å². The number of benzene rings is 1. The van der Waals surface area contributed by atoms with Crippen molar-refractivity contribution in [3.05, 3.63) is 30.3 Å². The number of nitrogens with one attached hydrogen (secondary N) is 1. The zero-order chi connectivity index (χ0) is 21.3. The molecule has 2 rings (SSSR count). The summed E-state index contributed by atoms with van der Waals surface area (Å²) in [6.07, 6.45) is 1.74. The molecular weight excluding hydrogens is 394 g/mol. The van der Waals surface area contributed by atoms with Gasteiger partial charge in [-0.2, -0.15) is 4.31 Å². The fraction of sp³-hybridized carbons (Fsp3) is 0.600. The first-order valence-corrected chi connectivity index (χ1v) is 11.4. The van der Waals surface area contributed by atoms with Gasteiger partial charge < -0.3 is 15.0 Å². The summed E-state index contributed by atoms with van der Waals surface area (Å²) in [7, 11) is -0.370. The number of ether oxygens (including phenoxy) is 1. The standard InChI is InChI=1S/C20H31N3O5S/c1-22(15-16-28-2)20(25)17-7-6-13-23(14-11-19(24)21-12-10-17)29(26,27)18-8-4-3-5-9-18/h3-5,8-9,17H,6-7,10-16H2,1-2H3,(H,21,24). The maximum absolute atomic E-state index is 13.0. The highest BCUT2D eigenvalue weighted by Crippen LogP contribution is 2.20. The van der Waals surface area contributed by atoms with Crippen molar-refractivity contribution in [3.63, 3.8) is 0 Å². The van der Waals surface area contributed by atoms with Crippen LogP contribution >= 0.6 is 0 Å². The number of nitrogens with zero attached hydrogens (tertiary/aromatic N) is 2. The molecule has 1 aliphatic heterocycles. The number of hydrogen-bond donors (Lipinski definition) is 1. The van der Waals surface area contributed by atoms with Crippen molar-refractivity contribution in [1.82, 2.24) is 14.5 Å². The van der Waals surface area contributed by atoms with E-state index in [9.17, 15) is 18.0 Å². The molecule has 2 amide bonds. The van der Waals surface area contributed by atoms with Crippen molar-refractivity contribution in [2.75, 3.05) is 46.9 Å². The normalized spacial score (nSPS) is 19.8. The Bertz CT molecular complexity index is 770. The summed E-state index contributed by atoms with van der Waals surface area (Å²) in [4.78, 5) is 26.7. The van der Waals surface area contributed by atoms with E-state index in [0.29, 0.717) is 39.0 Å². The number of amides is 2. The van der Waals surface area contributed by atoms with Crippen LogP contribution in [0.4, 0.5) is 0 Å². The van der Waals surface area contributed by atoms with Crippen LogP contribution < -0.4 is 5.32 Å². The van der Waals surface area contributed by atoms with Crippen LogP contribution in [-0.2, 0) is 24.3 Å². The van der Waals surface area contributed by atoms with Crippen LogP contribution in [-0.4, -0.2) is 76.4 Å². The Morgan fingerprint density at radius 1 is 1.24 bits per heavy atom. The Morgan fingerprint density at radius 2 is 1.97 bits per heavy atom. The Labute approximate surface area is 173 Å². The van der Waals surface area contributed by atoms with E-state index < -0.39 is 10.0 Å². The lowest BCUT2D eigenvalue weighted by Crippen LogP contribution is -2.37. The third-order valence-electron chi connectivity index (χ3n) is 5.10. The molecule has 1 saturated heterocycles.